The molecular formula is C17H28S. The van der Waals surface area contributed by atoms with Crippen molar-refractivity contribution in [3.8, 4) is 0 Å². The van der Waals surface area contributed by atoms with Crippen LogP contribution in [0.3, 0.4) is 0 Å². The monoisotopic (exact) mass is 264 g/mol. The summed E-state index contributed by atoms with van der Waals surface area (Å²) in [5.41, 5.74) is 0. The van der Waals surface area contributed by atoms with E-state index in [2.05, 4.69) is 18.7 Å². The number of hydrogen-bond donors (Lipinski definition) is 0. The molecule has 102 valence electrons. The number of thioether (sulfide) groups is 1. The van der Waals surface area contributed by atoms with Gasteiger partial charge in [-0.25, -0.2) is 0 Å². The Labute approximate surface area is 117 Å². The van der Waals surface area contributed by atoms with Gasteiger partial charge in [0.2, 0.25) is 0 Å². The van der Waals surface area contributed by atoms with Crippen LogP contribution in [0.25, 0.3) is 0 Å². The molecule has 0 radical (unpaired) electrons. The lowest BCUT2D eigenvalue weighted by Gasteiger charge is -2.54. The molecular weight excluding hydrogens is 236 g/mol. The average molecular weight is 264 g/mol. The molecule has 1 heteroatoms. The average Bonchev–Trinajstić information content (AvgIpc) is 2.86. The highest BCUT2D eigenvalue weighted by molar-refractivity contribution is 8.00. The smallest absolute Gasteiger partial charge is 0.00782 e. The fraction of sp³-hybridized carbons (Fsp3) is 1.00. The van der Waals surface area contributed by atoms with E-state index in [-0.39, 0.29) is 0 Å². The molecule has 0 aromatic rings. The summed E-state index contributed by atoms with van der Waals surface area (Å²) in [6.07, 6.45) is 12.4. The second-order valence-electron chi connectivity index (χ2n) is 7.63. The first-order valence-corrected chi connectivity index (χ1v) is 9.51. The van der Waals surface area contributed by atoms with Gasteiger partial charge in [0.25, 0.3) is 0 Å². The summed E-state index contributed by atoms with van der Waals surface area (Å²) in [6.45, 7) is 2.61. The third-order valence-electron chi connectivity index (χ3n) is 6.84. The molecule has 0 aromatic heterocycles. The Hall–Kier alpha value is 0.350. The Balaban J connectivity index is 1.61. The Morgan fingerprint density at radius 1 is 0.833 bits per heavy atom. The van der Waals surface area contributed by atoms with Gasteiger partial charge in [-0.2, -0.15) is 11.8 Å². The van der Waals surface area contributed by atoms with Crippen molar-refractivity contribution < 1.29 is 0 Å². The van der Waals surface area contributed by atoms with Crippen LogP contribution in [0.2, 0.25) is 0 Å². The van der Waals surface area contributed by atoms with E-state index < -0.39 is 0 Å². The van der Waals surface area contributed by atoms with Gasteiger partial charge in [0, 0.05) is 5.25 Å². The molecule has 18 heavy (non-hydrogen) atoms. The van der Waals surface area contributed by atoms with Crippen LogP contribution in [0.15, 0.2) is 0 Å². The van der Waals surface area contributed by atoms with Crippen molar-refractivity contribution in [3.63, 3.8) is 0 Å². The molecule has 0 bridgehead atoms. The van der Waals surface area contributed by atoms with E-state index >= 15 is 0 Å². The second kappa shape index (κ2) is 4.72. The van der Waals surface area contributed by atoms with Crippen LogP contribution in [0.4, 0.5) is 0 Å². The van der Waals surface area contributed by atoms with E-state index in [4.69, 9.17) is 0 Å². The van der Waals surface area contributed by atoms with E-state index in [9.17, 15) is 0 Å². The highest BCUT2D eigenvalue weighted by atomic mass is 32.2. The molecule has 7 unspecified atom stereocenters. The van der Waals surface area contributed by atoms with Crippen molar-refractivity contribution in [3.05, 3.63) is 0 Å². The van der Waals surface area contributed by atoms with E-state index in [1.165, 1.54) is 25.0 Å². The lowest BCUT2D eigenvalue weighted by Crippen LogP contribution is -2.48. The van der Waals surface area contributed by atoms with Gasteiger partial charge in [-0.1, -0.05) is 32.6 Å². The molecule has 0 N–H and O–H groups in total. The van der Waals surface area contributed by atoms with Crippen LogP contribution in [-0.4, -0.2) is 11.0 Å². The SMILES string of the molecule is CC1CC2CCCCC2C2CSC3CCCC3C12. The van der Waals surface area contributed by atoms with Gasteiger partial charge in [0.15, 0.2) is 0 Å². The maximum atomic E-state index is 2.61. The second-order valence-corrected chi connectivity index (χ2v) is 8.90. The summed E-state index contributed by atoms with van der Waals surface area (Å²) < 4.78 is 0. The minimum absolute atomic E-state index is 1.04. The van der Waals surface area contributed by atoms with Crippen LogP contribution in [0.1, 0.15) is 58.3 Å². The Morgan fingerprint density at radius 3 is 2.61 bits per heavy atom. The topological polar surface area (TPSA) is 0 Å². The molecule has 1 saturated heterocycles. The molecule has 7 atom stereocenters. The van der Waals surface area contributed by atoms with Gasteiger partial charge in [0.05, 0.1) is 0 Å². The van der Waals surface area contributed by atoms with Crippen LogP contribution in [0, 0.1) is 35.5 Å². The molecule has 0 aromatic carbocycles. The molecule has 1 heterocycles. The van der Waals surface area contributed by atoms with E-state index in [1.54, 1.807) is 32.1 Å². The molecule has 4 aliphatic rings. The summed E-state index contributed by atoms with van der Waals surface area (Å²) in [5, 5.41) is 1.06. The molecule has 1 aliphatic heterocycles. The van der Waals surface area contributed by atoms with Crippen LogP contribution >= 0.6 is 11.8 Å². The zero-order valence-corrected chi connectivity index (χ0v) is 12.6. The summed E-state index contributed by atoms with van der Waals surface area (Å²) in [5.74, 6) is 8.17. The predicted octanol–water partition coefficient (Wildman–Crippen LogP) is 4.98. The normalized spacial score (nSPS) is 55.5. The molecule has 3 saturated carbocycles. The fourth-order valence-electron chi connectivity index (χ4n) is 6.25. The van der Waals surface area contributed by atoms with Crippen LogP contribution in [-0.2, 0) is 0 Å². The highest BCUT2D eigenvalue weighted by Crippen LogP contribution is 2.58. The number of rotatable bonds is 0. The van der Waals surface area contributed by atoms with Gasteiger partial charge in [-0.3, -0.25) is 0 Å². The minimum Gasteiger partial charge on any atom is -0.158 e. The zero-order chi connectivity index (χ0) is 12.1. The van der Waals surface area contributed by atoms with Crippen molar-refractivity contribution in [1.29, 1.82) is 0 Å². The van der Waals surface area contributed by atoms with Gasteiger partial charge in [0.1, 0.15) is 0 Å². The van der Waals surface area contributed by atoms with Crippen LogP contribution in [0.5, 0.6) is 0 Å². The van der Waals surface area contributed by atoms with Crippen molar-refractivity contribution >= 4 is 11.8 Å². The van der Waals surface area contributed by atoms with Gasteiger partial charge in [-0.05, 0) is 66.9 Å². The summed E-state index contributed by atoms with van der Waals surface area (Å²) in [7, 11) is 0. The largest absolute Gasteiger partial charge is 0.158 e. The quantitative estimate of drug-likeness (QED) is 0.594. The van der Waals surface area contributed by atoms with Gasteiger partial charge < -0.3 is 0 Å². The third-order valence-corrected chi connectivity index (χ3v) is 8.44. The van der Waals surface area contributed by atoms with Gasteiger partial charge in [-0.15, -0.1) is 0 Å². The predicted molar refractivity (Wildman–Crippen MR) is 79.8 cm³/mol. The lowest BCUT2D eigenvalue weighted by molar-refractivity contribution is -0.00278. The minimum atomic E-state index is 1.04. The molecule has 3 aliphatic carbocycles. The van der Waals surface area contributed by atoms with Crippen molar-refractivity contribution in [2.45, 2.75) is 63.5 Å². The standard InChI is InChI=1S/C17H28S/c1-11-9-12-5-2-3-6-13(12)15-10-18-16-8-4-7-14(16)17(11)15/h11-17H,2-10H2,1H3. The van der Waals surface area contributed by atoms with Gasteiger partial charge >= 0.3 is 0 Å². The molecule has 0 nitrogen and oxygen atoms in total. The first-order chi connectivity index (χ1) is 8.84. The Kier molecular flexibility index (Phi) is 3.18. The number of fused-ring (bicyclic) bond motifs is 5. The first-order valence-electron chi connectivity index (χ1n) is 8.46. The lowest BCUT2D eigenvalue weighted by atomic mass is 9.55. The van der Waals surface area contributed by atoms with Crippen LogP contribution < -0.4 is 0 Å². The van der Waals surface area contributed by atoms with Crippen molar-refractivity contribution in [2.24, 2.45) is 35.5 Å². The number of hydrogen-bond acceptors (Lipinski definition) is 1. The van der Waals surface area contributed by atoms with Crippen molar-refractivity contribution in [1.82, 2.24) is 0 Å². The molecule has 0 amide bonds. The van der Waals surface area contributed by atoms with E-state index in [0.717, 1.165) is 40.8 Å². The third kappa shape index (κ3) is 1.79. The maximum absolute atomic E-state index is 2.61. The summed E-state index contributed by atoms with van der Waals surface area (Å²) >= 11 is 2.38. The molecule has 0 spiro atoms. The fourth-order valence-corrected chi connectivity index (χ4v) is 8.08. The van der Waals surface area contributed by atoms with E-state index in [1.807, 2.05) is 0 Å². The summed E-state index contributed by atoms with van der Waals surface area (Å²) in [6, 6.07) is 0. The molecule has 4 rings (SSSR count). The molecule has 4 fully saturated rings. The van der Waals surface area contributed by atoms with Crippen molar-refractivity contribution in [2.75, 3.05) is 5.75 Å². The highest BCUT2D eigenvalue weighted by Gasteiger charge is 2.51. The first kappa shape index (κ1) is 12.1. The summed E-state index contributed by atoms with van der Waals surface area (Å²) in [4.78, 5) is 0. The zero-order valence-electron chi connectivity index (χ0n) is 11.8. The Bertz CT molecular complexity index is 313. The maximum Gasteiger partial charge on any atom is 0.00782 e. The van der Waals surface area contributed by atoms with E-state index in [0.29, 0.717) is 0 Å². The Morgan fingerprint density at radius 2 is 1.67 bits per heavy atom.